The molecule has 0 unspecified atom stereocenters. The summed E-state index contributed by atoms with van der Waals surface area (Å²) in [6.07, 6.45) is 0. The Kier molecular flexibility index (Phi) is 4.59. The first-order chi connectivity index (χ1) is 8.89. The molecule has 1 aromatic carbocycles. The van der Waals surface area contributed by atoms with Crippen molar-refractivity contribution >= 4 is 59.4 Å². The van der Waals surface area contributed by atoms with Gasteiger partial charge in [0, 0.05) is 15.5 Å². The Morgan fingerprint density at radius 3 is 2.42 bits per heavy atom. The van der Waals surface area contributed by atoms with Crippen LogP contribution in [-0.2, 0) is 10.0 Å². The van der Waals surface area contributed by atoms with Gasteiger partial charge in [-0.25, -0.2) is 12.7 Å². The Hall–Kier alpha value is -0.110. The summed E-state index contributed by atoms with van der Waals surface area (Å²) in [7, 11) is -3.74. The Morgan fingerprint density at radius 1 is 1.21 bits per heavy atom. The van der Waals surface area contributed by atoms with E-state index in [0.717, 1.165) is 4.31 Å². The fraction of sp³-hybridized carbons (Fsp3) is 0.364. The minimum Gasteiger partial charge on any atom is -0.268 e. The van der Waals surface area contributed by atoms with Gasteiger partial charge in [0.2, 0.25) is 0 Å². The van der Waals surface area contributed by atoms with Crippen LogP contribution in [0.15, 0.2) is 29.2 Å². The fourth-order valence-corrected chi connectivity index (χ4v) is 4.64. The molecule has 0 radical (unpaired) electrons. The molecule has 0 aliphatic carbocycles. The SMILES string of the molecule is O=C1c2ccccc2S(=O)(=O)N1C[C@H](Br)[C@H](Br)CCl. The molecule has 0 spiro atoms. The molecule has 2 atom stereocenters. The third-order valence-electron chi connectivity index (χ3n) is 2.79. The number of hydrogen-bond acceptors (Lipinski definition) is 3. The highest BCUT2D eigenvalue weighted by molar-refractivity contribution is 9.12. The van der Waals surface area contributed by atoms with Crippen molar-refractivity contribution in [3.8, 4) is 0 Å². The number of fused-ring (bicyclic) bond motifs is 1. The molecule has 8 heteroatoms. The van der Waals surface area contributed by atoms with Crippen LogP contribution in [0.2, 0.25) is 0 Å². The molecule has 1 aromatic rings. The number of sulfonamides is 1. The van der Waals surface area contributed by atoms with E-state index in [9.17, 15) is 13.2 Å². The molecule has 0 fully saturated rings. The summed E-state index contributed by atoms with van der Waals surface area (Å²) in [4.78, 5) is 11.8. The lowest BCUT2D eigenvalue weighted by molar-refractivity contribution is 0.0872. The van der Waals surface area contributed by atoms with E-state index in [1.54, 1.807) is 12.1 Å². The summed E-state index contributed by atoms with van der Waals surface area (Å²) in [5, 5.41) is 0. The topological polar surface area (TPSA) is 54.5 Å². The van der Waals surface area contributed by atoms with Crippen LogP contribution < -0.4 is 0 Å². The molecule has 0 saturated carbocycles. The van der Waals surface area contributed by atoms with Gasteiger partial charge in [0.25, 0.3) is 15.9 Å². The van der Waals surface area contributed by atoms with Gasteiger partial charge in [0.05, 0.1) is 12.1 Å². The minimum atomic E-state index is -3.74. The van der Waals surface area contributed by atoms with Crippen molar-refractivity contribution in [3.63, 3.8) is 0 Å². The Labute approximate surface area is 133 Å². The zero-order chi connectivity index (χ0) is 14.2. The molecule has 1 aliphatic heterocycles. The molecular formula is C11H10Br2ClNO3S. The van der Waals surface area contributed by atoms with Crippen molar-refractivity contribution in [2.24, 2.45) is 0 Å². The van der Waals surface area contributed by atoms with Crippen LogP contribution in [-0.4, -0.2) is 40.7 Å². The molecule has 1 heterocycles. The van der Waals surface area contributed by atoms with Gasteiger partial charge in [-0.1, -0.05) is 44.0 Å². The van der Waals surface area contributed by atoms with Gasteiger partial charge in [-0.3, -0.25) is 4.79 Å². The maximum Gasteiger partial charge on any atom is 0.269 e. The van der Waals surface area contributed by atoms with Crippen LogP contribution in [0.1, 0.15) is 10.4 Å². The molecule has 19 heavy (non-hydrogen) atoms. The predicted octanol–water partition coefficient (Wildman–Crippen LogP) is 2.60. The third kappa shape index (κ3) is 2.70. The second-order valence-corrected chi connectivity index (χ2v) is 8.52. The molecule has 0 bridgehead atoms. The van der Waals surface area contributed by atoms with Gasteiger partial charge < -0.3 is 0 Å². The quantitative estimate of drug-likeness (QED) is 0.689. The number of halogens is 3. The van der Waals surface area contributed by atoms with Crippen molar-refractivity contribution in [2.75, 3.05) is 12.4 Å². The molecule has 0 aromatic heterocycles. The van der Waals surface area contributed by atoms with Gasteiger partial charge in [-0.2, -0.15) is 0 Å². The normalized spacial score (nSPS) is 20.2. The summed E-state index contributed by atoms with van der Waals surface area (Å²) in [5.74, 6) is -0.181. The van der Waals surface area contributed by atoms with Gasteiger partial charge in [0.1, 0.15) is 4.90 Å². The second kappa shape index (κ2) is 5.71. The average Bonchev–Trinajstić information content (AvgIpc) is 2.59. The number of carbonyl (C=O) groups is 1. The summed E-state index contributed by atoms with van der Waals surface area (Å²) in [6.45, 7) is 0.0402. The minimum absolute atomic E-state index is 0.0402. The number of benzene rings is 1. The highest BCUT2D eigenvalue weighted by atomic mass is 79.9. The van der Waals surface area contributed by atoms with E-state index < -0.39 is 15.9 Å². The van der Waals surface area contributed by atoms with Crippen LogP contribution in [0.4, 0.5) is 0 Å². The van der Waals surface area contributed by atoms with E-state index in [4.69, 9.17) is 11.6 Å². The highest BCUT2D eigenvalue weighted by Crippen LogP contribution is 2.31. The molecule has 4 nitrogen and oxygen atoms in total. The Balaban J connectivity index is 2.33. The summed E-state index contributed by atoms with van der Waals surface area (Å²) >= 11 is 12.4. The second-order valence-electron chi connectivity index (χ2n) is 4.02. The summed E-state index contributed by atoms with van der Waals surface area (Å²) in [6, 6.07) is 6.21. The van der Waals surface area contributed by atoms with Crippen molar-refractivity contribution in [1.82, 2.24) is 4.31 Å². The third-order valence-corrected chi connectivity index (χ3v) is 7.90. The maximum atomic E-state index is 12.3. The van der Waals surface area contributed by atoms with Crippen molar-refractivity contribution in [3.05, 3.63) is 29.8 Å². The van der Waals surface area contributed by atoms with E-state index in [1.165, 1.54) is 12.1 Å². The Morgan fingerprint density at radius 2 is 1.84 bits per heavy atom. The number of nitrogens with zero attached hydrogens (tertiary/aromatic N) is 1. The zero-order valence-electron chi connectivity index (χ0n) is 9.59. The van der Waals surface area contributed by atoms with Crippen molar-refractivity contribution in [1.29, 1.82) is 0 Å². The first kappa shape index (κ1) is 15.3. The summed E-state index contributed by atoms with van der Waals surface area (Å²) in [5.41, 5.74) is 0.221. The van der Waals surface area contributed by atoms with E-state index in [-0.39, 0.29) is 26.7 Å². The van der Waals surface area contributed by atoms with E-state index in [0.29, 0.717) is 5.88 Å². The molecule has 1 aliphatic rings. The van der Waals surface area contributed by atoms with Crippen molar-refractivity contribution < 1.29 is 13.2 Å². The van der Waals surface area contributed by atoms with Gasteiger partial charge in [0.15, 0.2) is 0 Å². The average molecular weight is 432 g/mol. The number of carbonyl (C=O) groups excluding carboxylic acids is 1. The first-order valence-electron chi connectivity index (χ1n) is 5.39. The number of rotatable bonds is 4. The van der Waals surface area contributed by atoms with Crippen LogP contribution in [0.5, 0.6) is 0 Å². The molecule has 0 saturated heterocycles. The lowest BCUT2D eigenvalue weighted by Gasteiger charge is -2.21. The Bertz CT molecular complexity index is 608. The fourth-order valence-electron chi connectivity index (χ4n) is 1.78. The standard InChI is InChI=1S/C11H10Br2ClNO3S/c12-8(5-14)9(13)6-15-11(16)7-3-1-2-4-10(7)19(15,17)18/h1-4,8-9H,5-6H2/t8-,9+/m1/s1. The number of amides is 1. The smallest absolute Gasteiger partial charge is 0.268 e. The van der Waals surface area contributed by atoms with Crippen LogP contribution >= 0.6 is 43.5 Å². The first-order valence-corrected chi connectivity index (χ1v) is 9.20. The lowest BCUT2D eigenvalue weighted by atomic mass is 10.2. The number of hydrogen-bond donors (Lipinski definition) is 0. The maximum absolute atomic E-state index is 12.3. The zero-order valence-corrected chi connectivity index (χ0v) is 14.3. The van der Waals surface area contributed by atoms with E-state index in [2.05, 4.69) is 31.9 Å². The molecule has 1 amide bonds. The molecule has 2 rings (SSSR count). The lowest BCUT2D eigenvalue weighted by Crippen LogP contribution is -2.38. The monoisotopic (exact) mass is 429 g/mol. The van der Waals surface area contributed by atoms with Gasteiger partial charge in [-0.05, 0) is 12.1 Å². The molecule has 0 N–H and O–H groups in total. The number of alkyl halides is 3. The van der Waals surface area contributed by atoms with Crippen LogP contribution in [0, 0.1) is 0 Å². The molecular weight excluding hydrogens is 421 g/mol. The van der Waals surface area contributed by atoms with Crippen LogP contribution in [0.25, 0.3) is 0 Å². The van der Waals surface area contributed by atoms with E-state index >= 15 is 0 Å². The van der Waals surface area contributed by atoms with Gasteiger partial charge >= 0.3 is 0 Å². The summed E-state index contributed by atoms with van der Waals surface area (Å²) < 4.78 is 25.4. The highest BCUT2D eigenvalue weighted by Gasteiger charge is 2.42. The molecule has 104 valence electrons. The predicted molar refractivity (Wildman–Crippen MR) is 80.8 cm³/mol. The largest absolute Gasteiger partial charge is 0.269 e. The van der Waals surface area contributed by atoms with Gasteiger partial charge in [-0.15, -0.1) is 11.6 Å². The van der Waals surface area contributed by atoms with E-state index in [1.807, 2.05) is 0 Å². The van der Waals surface area contributed by atoms with Crippen LogP contribution in [0.3, 0.4) is 0 Å². The van der Waals surface area contributed by atoms with Crippen molar-refractivity contribution in [2.45, 2.75) is 14.5 Å².